The van der Waals surface area contributed by atoms with E-state index in [1.54, 1.807) is 0 Å². The smallest absolute Gasteiger partial charge is 0.272 e. The molecule has 9 heteroatoms. The van der Waals surface area contributed by atoms with Crippen LogP contribution in [0.5, 0.6) is 0 Å². The molecule has 0 aromatic carbocycles. The summed E-state index contributed by atoms with van der Waals surface area (Å²) in [5.41, 5.74) is 7.67. The van der Waals surface area contributed by atoms with E-state index in [1.807, 2.05) is 24.6 Å². The van der Waals surface area contributed by atoms with Crippen LogP contribution in [-0.4, -0.2) is 29.4 Å². The molecular formula is C12H15N7OS. The number of nitrogens with zero attached hydrogens (tertiary/aromatic N) is 5. The lowest BCUT2D eigenvalue weighted by atomic mass is 10.4. The summed E-state index contributed by atoms with van der Waals surface area (Å²) in [6.07, 6.45) is 0. The van der Waals surface area contributed by atoms with Crippen LogP contribution in [0.1, 0.15) is 17.2 Å². The number of nitrogens with one attached hydrogen (secondary N) is 1. The SMILES string of the molecule is Cc1cc2nc(CSc3nnc(CN)n3C)cc(=O)n2[nH]1. The molecule has 3 aromatic heterocycles. The van der Waals surface area contributed by atoms with Crippen molar-refractivity contribution in [2.75, 3.05) is 0 Å². The Labute approximate surface area is 124 Å². The van der Waals surface area contributed by atoms with Crippen LogP contribution in [0.25, 0.3) is 5.65 Å². The minimum absolute atomic E-state index is 0.121. The summed E-state index contributed by atoms with van der Waals surface area (Å²) in [6.45, 7) is 2.23. The second-order valence-electron chi connectivity index (χ2n) is 4.67. The molecule has 0 atom stereocenters. The van der Waals surface area contributed by atoms with Gasteiger partial charge in [-0.3, -0.25) is 9.89 Å². The molecule has 0 bridgehead atoms. The first-order valence-corrected chi connectivity index (χ1v) is 7.36. The lowest BCUT2D eigenvalue weighted by molar-refractivity contribution is 0.734. The first-order chi connectivity index (χ1) is 10.1. The van der Waals surface area contributed by atoms with E-state index in [-0.39, 0.29) is 5.56 Å². The van der Waals surface area contributed by atoms with Crippen LogP contribution >= 0.6 is 11.8 Å². The van der Waals surface area contributed by atoms with Crippen molar-refractivity contribution < 1.29 is 0 Å². The van der Waals surface area contributed by atoms with Crippen molar-refractivity contribution in [3.05, 3.63) is 39.7 Å². The summed E-state index contributed by atoms with van der Waals surface area (Å²) >= 11 is 1.47. The first kappa shape index (κ1) is 13.8. The van der Waals surface area contributed by atoms with E-state index in [0.717, 1.165) is 16.7 Å². The Morgan fingerprint density at radius 1 is 1.38 bits per heavy atom. The average Bonchev–Trinajstić information content (AvgIpc) is 2.99. The standard InChI is InChI=1S/C12H15N7OS/c1-7-3-9-14-8(4-11(20)19(9)17-7)6-21-12-16-15-10(5-13)18(12)2/h3-4,17H,5-6,13H2,1-2H3. The largest absolute Gasteiger partial charge is 0.324 e. The van der Waals surface area contributed by atoms with E-state index in [2.05, 4.69) is 20.3 Å². The molecule has 3 rings (SSSR count). The highest BCUT2D eigenvalue weighted by Crippen LogP contribution is 2.19. The van der Waals surface area contributed by atoms with Gasteiger partial charge in [-0.1, -0.05) is 11.8 Å². The minimum atomic E-state index is -0.121. The van der Waals surface area contributed by atoms with E-state index in [9.17, 15) is 4.79 Å². The highest BCUT2D eigenvalue weighted by atomic mass is 32.2. The highest BCUT2D eigenvalue weighted by molar-refractivity contribution is 7.98. The van der Waals surface area contributed by atoms with Gasteiger partial charge in [-0.05, 0) is 6.92 Å². The number of rotatable bonds is 4. The lowest BCUT2D eigenvalue weighted by Gasteiger charge is -2.02. The molecule has 0 aliphatic carbocycles. The number of thioether (sulfide) groups is 1. The van der Waals surface area contributed by atoms with Crippen LogP contribution in [0, 0.1) is 6.92 Å². The maximum atomic E-state index is 12.0. The Morgan fingerprint density at radius 3 is 2.90 bits per heavy atom. The summed E-state index contributed by atoms with van der Waals surface area (Å²) in [7, 11) is 1.87. The maximum Gasteiger partial charge on any atom is 0.272 e. The number of aromatic amines is 1. The summed E-state index contributed by atoms with van der Waals surface area (Å²) in [5, 5.41) is 11.8. The quantitative estimate of drug-likeness (QED) is 0.667. The van der Waals surface area contributed by atoms with Crippen LogP contribution in [0.15, 0.2) is 22.1 Å². The number of nitrogens with two attached hydrogens (primary N) is 1. The normalized spacial score (nSPS) is 11.4. The molecule has 0 spiro atoms. The van der Waals surface area contributed by atoms with Crippen molar-refractivity contribution in [3.63, 3.8) is 0 Å². The molecule has 0 fully saturated rings. The van der Waals surface area contributed by atoms with Crippen molar-refractivity contribution in [1.82, 2.24) is 29.4 Å². The van der Waals surface area contributed by atoms with Crippen molar-refractivity contribution in [3.8, 4) is 0 Å². The monoisotopic (exact) mass is 305 g/mol. The summed E-state index contributed by atoms with van der Waals surface area (Å²) < 4.78 is 3.27. The number of hydrogen-bond acceptors (Lipinski definition) is 6. The van der Waals surface area contributed by atoms with Gasteiger partial charge in [0.1, 0.15) is 5.82 Å². The van der Waals surface area contributed by atoms with Crippen LogP contribution in [0.2, 0.25) is 0 Å². The number of aryl methyl sites for hydroxylation is 1. The molecule has 0 unspecified atom stereocenters. The molecule has 0 saturated carbocycles. The number of H-pyrrole nitrogens is 1. The molecular weight excluding hydrogens is 290 g/mol. The topological polar surface area (TPSA) is 107 Å². The third kappa shape index (κ3) is 2.57. The van der Waals surface area contributed by atoms with E-state index < -0.39 is 0 Å². The van der Waals surface area contributed by atoms with Gasteiger partial charge in [0.2, 0.25) is 0 Å². The molecule has 0 saturated heterocycles. The van der Waals surface area contributed by atoms with Crippen molar-refractivity contribution in [1.29, 1.82) is 0 Å². The van der Waals surface area contributed by atoms with Gasteiger partial charge in [-0.2, -0.15) is 0 Å². The Balaban J connectivity index is 1.84. The molecule has 3 N–H and O–H groups in total. The molecule has 8 nitrogen and oxygen atoms in total. The Kier molecular flexibility index (Phi) is 3.52. The predicted molar refractivity (Wildman–Crippen MR) is 79.0 cm³/mol. The van der Waals surface area contributed by atoms with E-state index in [1.165, 1.54) is 22.3 Å². The lowest BCUT2D eigenvalue weighted by Crippen LogP contribution is -2.15. The van der Waals surface area contributed by atoms with Gasteiger partial charge < -0.3 is 10.3 Å². The van der Waals surface area contributed by atoms with Crippen LogP contribution in [-0.2, 0) is 19.3 Å². The fourth-order valence-electron chi connectivity index (χ4n) is 2.02. The van der Waals surface area contributed by atoms with Gasteiger partial charge >= 0.3 is 0 Å². The summed E-state index contributed by atoms with van der Waals surface area (Å²) in [5.74, 6) is 1.27. The van der Waals surface area contributed by atoms with Gasteiger partial charge in [-0.15, -0.1) is 10.2 Å². The minimum Gasteiger partial charge on any atom is -0.324 e. The first-order valence-electron chi connectivity index (χ1n) is 6.38. The average molecular weight is 305 g/mol. The van der Waals surface area contributed by atoms with E-state index >= 15 is 0 Å². The third-order valence-corrected chi connectivity index (χ3v) is 4.14. The van der Waals surface area contributed by atoms with Crippen molar-refractivity contribution >= 4 is 17.4 Å². The molecule has 0 amide bonds. The summed E-state index contributed by atoms with van der Waals surface area (Å²) in [6, 6.07) is 3.36. The van der Waals surface area contributed by atoms with Crippen molar-refractivity contribution in [2.45, 2.75) is 24.4 Å². The predicted octanol–water partition coefficient (Wildman–Crippen LogP) is 0.211. The van der Waals surface area contributed by atoms with Gasteiger partial charge in [-0.25, -0.2) is 9.50 Å². The molecule has 0 aliphatic rings. The van der Waals surface area contributed by atoms with Gasteiger partial charge in [0.25, 0.3) is 5.56 Å². The Hall–Kier alpha value is -2.13. The molecule has 0 aliphatic heterocycles. The molecule has 21 heavy (non-hydrogen) atoms. The number of aromatic nitrogens is 6. The van der Waals surface area contributed by atoms with Gasteiger partial charge in [0, 0.05) is 30.6 Å². The highest BCUT2D eigenvalue weighted by Gasteiger charge is 2.10. The number of hydrogen-bond donors (Lipinski definition) is 2. The molecule has 3 aromatic rings. The van der Waals surface area contributed by atoms with Crippen LogP contribution in [0.3, 0.4) is 0 Å². The third-order valence-electron chi connectivity index (χ3n) is 3.09. The molecule has 0 radical (unpaired) electrons. The number of fused-ring (bicyclic) bond motifs is 1. The van der Waals surface area contributed by atoms with Gasteiger partial charge in [0.05, 0.1) is 12.2 Å². The van der Waals surface area contributed by atoms with Gasteiger partial charge in [0.15, 0.2) is 10.8 Å². The van der Waals surface area contributed by atoms with Crippen LogP contribution < -0.4 is 11.3 Å². The Bertz CT molecular complexity index is 847. The molecule has 110 valence electrons. The second-order valence-corrected chi connectivity index (χ2v) is 5.61. The van der Waals surface area contributed by atoms with Crippen molar-refractivity contribution in [2.24, 2.45) is 12.8 Å². The zero-order valence-corrected chi connectivity index (χ0v) is 12.5. The van der Waals surface area contributed by atoms with E-state index in [4.69, 9.17) is 5.73 Å². The maximum absolute atomic E-state index is 12.0. The second kappa shape index (κ2) is 5.34. The zero-order valence-electron chi connectivity index (χ0n) is 11.7. The zero-order chi connectivity index (χ0) is 15.0. The van der Waals surface area contributed by atoms with E-state index in [0.29, 0.717) is 23.6 Å². The fourth-order valence-corrected chi connectivity index (χ4v) is 2.84. The molecule has 3 heterocycles. The summed E-state index contributed by atoms with van der Waals surface area (Å²) in [4.78, 5) is 16.4. The fraction of sp³-hybridized carbons (Fsp3) is 0.333. The Morgan fingerprint density at radius 2 is 2.19 bits per heavy atom. The van der Waals surface area contributed by atoms with Crippen LogP contribution in [0.4, 0.5) is 0 Å².